The van der Waals surface area contributed by atoms with Gasteiger partial charge in [-0.2, -0.15) is 0 Å². The minimum atomic E-state index is -0.644. The summed E-state index contributed by atoms with van der Waals surface area (Å²) in [5, 5.41) is 0. The number of hydrogen-bond donors (Lipinski definition) is 0. The lowest BCUT2D eigenvalue weighted by molar-refractivity contribution is -0.147. The maximum Gasteiger partial charge on any atom is 0.410 e. The van der Waals surface area contributed by atoms with Gasteiger partial charge in [0.05, 0.1) is 13.7 Å². The third-order valence-electron chi connectivity index (χ3n) is 3.71. The summed E-state index contributed by atoms with van der Waals surface area (Å²) < 4.78 is 9.62. The number of nitrogens with zero attached hydrogens (tertiary/aromatic N) is 3. The first-order valence-corrected chi connectivity index (χ1v) is 8.21. The fourth-order valence-electron chi connectivity index (χ4n) is 1.98. The van der Waals surface area contributed by atoms with Gasteiger partial charge in [0, 0.05) is 21.1 Å². The van der Waals surface area contributed by atoms with Crippen molar-refractivity contribution in [1.82, 2.24) is 14.7 Å². The summed E-state index contributed by atoms with van der Waals surface area (Å²) in [6.45, 7) is -0.564. The van der Waals surface area contributed by atoms with Crippen LogP contribution in [0, 0.1) is 0 Å². The molecule has 0 aromatic heterocycles. The van der Waals surface area contributed by atoms with E-state index in [1.54, 1.807) is 0 Å². The first-order chi connectivity index (χ1) is 12.7. The largest absolute Gasteiger partial charge is 0.468 e. The van der Waals surface area contributed by atoms with Crippen molar-refractivity contribution in [2.45, 2.75) is 6.61 Å². The van der Waals surface area contributed by atoms with E-state index in [0.717, 1.165) is 15.4 Å². The third-order valence-corrected chi connectivity index (χ3v) is 3.71. The Balaban J connectivity index is 2.43. The van der Waals surface area contributed by atoms with Gasteiger partial charge in [-0.05, 0) is 5.56 Å². The van der Waals surface area contributed by atoms with Gasteiger partial charge in [-0.25, -0.2) is 4.79 Å². The molecule has 1 rings (SSSR count). The summed E-state index contributed by atoms with van der Waals surface area (Å²) in [5.41, 5.74) is 0.835. The van der Waals surface area contributed by atoms with E-state index in [2.05, 4.69) is 4.74 Å². The van der Waals surface area contributed by atoms with Crippen LogP contribution in [0.25, 0.3) is 0 Å². The minimum Gasteiger partial charge on any atom is -0.468 e. The molecule has 0 fully saturated rings. The molecule has 0 radical (unpaired) electrons. The zero-order valence-electron chi connectivity index (χ0n) is 16.0. The number of carbonyl (C=O) groups is 4. The van der Waals surface area contributed by atoms with E-state index in [0.29, 0.717) is 0 Å². The van der Waals surface area contributed by atoms with Crippen LogP contribution in [-0.2, 0) is 30.5 Å². The van der Waals surface area contributed by atoms with E-state index in [4.69, 9.17) is 4.74 Å². The van der Waals surface area contributed by atoms with Gasteiger partial charge in [0.1, 0.15) is 19.7 Å². The van der Waals surface area contributed by atoms with Crippen molar-refractivity contribution in [3.63, 3.8) is 0 Å². The average molecular weight is 379 g/mol. The molecule has 1 aromatic carbocycles. The van der Waals surface area contributed by atoms with Gasteiger partial charge in [0.15, 0.2) is 0 Å². The van der Waals surface area contributed by atoms with Gasteiger partial charge in [0.2, 0.25) is 11.8 Å². The number of methoxy groups -OCH3 is 1. The molecule has 0 aliphatic carbocycles. The monoisotopic (exact) mass is 379 g/mol. The molecule has 0 spiro atoms. The second-order valence-corrected chi connectivity index (χ2v) is 5.97. The van der Waals surface area contributed by atoms with Crippen molar-refractivity contribution in [3.8, 4) is 0 Å². The van der Waals surface area contributed by atoms with Crippen molar-refractivity contribution < 1.29 is 28.7 Å². The maximum atomic E-state index is 12.2. The van der Waals surface area contributed by atoms with E-state index in [1.807, 2.05) is 30.3 Å². The number of carbonyl (C=O) groups excluding carboxylic acids is 4. The Labute approximate surface area is 158 Å². The van der Waals surface area contributed by atoms with Crippen LogP contribution in [-0.4, -0.2) is 86.5 Å². The molecule has 9 nitrogen and oxygen atoms in total. The fourth-order valence-corrected chi connectivity index (χ4v) is 1.98. The minimum absolute atomic E-state index is 0.102. The first-order valence-electron chi connectivity index (χ1n) is 8.21. The van der Waals surface area contributed by atoms with Crippen molar-refractivity contribution in [2.24, 2.45) is 0 Å². The number of hydrogen-bond acceptors (Lipinski definition) is 6. The molecule has 0 aliphatic rings. The van der Waals surface area contributed by atoms with Gasteiger partial charge in [-0.3, -0.25) is 14.4 Å². The summed E-state index contributed by atoms with van der Waals surface area (Å²) in [4.78, 5) is 50.8. The fraction of sp³-hybridized carbons (Fsp3) is 0.444. The molecule has 0 atom stereocenters. The highest BCUT2D eigenvalue weighted by Gasteiger charge is 2.21. The lowest BCUT2D eigenvalue weighted by Crippen LogP contribution is -2.45. The molecule has 1 aromatic rings. The van der Waals surface area contributed by atoms with Crippen LogP contribution < -0.4 is 0 Å². The summed E-state index contributed by atoms with van der Waals surface area (Å²) in [6, 6.07) is 9.17. The number of esters is 1. The molecule has 0 saturated carbocycles. The molecule has 9 heteroatoms. The van der Waals surface area contributed by atoms with E-state index >= 15 is 0 Å². The van der Waals surface area contributed by atoms with E-state index in [-0.39, 0.29) is 26.2 Å². The zero-order valence-corrected chi connectivity index (χ0v) is 16.0. The van der Waals surface area contributed by atoms with Gasteiger partial charge in [-0.15, -0.1) is 0 Å². The Morgan fingerprint density at radius 3 is 1.89 bits per heavy atom. The molecular weight excluding hydrogens is 354 g/mol. The average Bonchev–Trinajstić information content (AvgIpc) is 2.66. The Hall–Kier alpha value is -3.10. The molecule has 0 heterocycles. The van der Waals surface area contributed by atoms with Gasteiger partial charge < -0.3 is 24.2 Å². The Morgan fingerprint density at radius 2 is 1.33 bits per heavy atom. The summed E-state index contributed by atoms with van der Waals surface area (Å²) in [6.07, 6.45) is -0.644. The van der Waals surface area contributed by atoms with Crippen molar-refractivity contribution in [2.75, 3.05) is 47.9 Å². The number of amides is 3. The second kappa shape index (κ2) is 10.8. The lowest BCUT2D eigenvalue weighted by atomic mass is 10.2. The molecule has 148 valence electrons. The molecule has 0 unspecified atom stereocenters. The number of rotatable bonds is 8. The standard InChI is InChI=1S/C18H25N3O6/c1-19(10-15(22)20(2)12-17(24)26-4)16(23)11-21(3)18(25)27-13-14-8-6-5-7-9-14/h5-9H,10-13H2,1-4H3. The van der Waals surface area contributed by atoms with Gasteiger partial charge in [0.25, 0.3) is 0 Å². The zero-order chi connectivity index (χ0) is 20.4. The van der Waals surface area contributed by atoms with Crippen molar-refractivity contribution in [3.05, 3.63) is 35.9 Å². The first kappa shape index (κ1) is 21.9. The number of likely N-dealkylation sites (N-methyl/N-ethyl adjacent to an activating group) is 3. The Kier molecular flexibility index (Phi) is 8.77. The quantitative estimate of drug-likeness (QED) is 0.605. The van der Waals surface area contributed by atoms with Crippen LogP contribution in [0.1, 0.15) is 5.56 Å². The molecule has 0 aliphatic heterocycles. The Bertz CT molecular complexity index is 664. The molecule has 0 saturated heterocycles. The second-order valence-electron chi connectivity index (χ2n) is 5.97. The smallest absolute Gasteiger partial charge is 0.410 e. The highest BCUT2D eigenvalue weighted by atomic mass is 16.6. The molecule has 3 amide bonds. The van der Waals surface area contributed by atoms with Crippen LogP contribution in [0.4, 0.5) is 4.79 Å². The maximum absolute atomic E-state index is 12.2. The highest BCUT2D eigenvalue weighted by Crippen LogP contribution is 2.03. The third kappa shape index (κ3) is 7.76. The van der Waals surface area contributed by atoms with E-state index < -0.39 is 23.9 Å². The molecular formula is C18H25N3O6. The summed E-state index contributed by atoms with van der Waals surface area (Å²) >= 11 is 0. The Morgan fingerprint density at radius 1 is 0.815 bits per heavy atom. The van der Waals surface area contributed by atoms with E-state index in [1.165, 1.54) is 33.2 Å². The van der Waals surface area contributed by atoms with Crippen molar-refractivity contribution >= 4 is 23.9 Å². The van der Waals surface area contributed by atoms with Crippen LogP contribution in [0.3, 0.4) is 0 Å². The number of ether oxygens (including phenoxy) is 2. The topological polar surface area (TPSA) is 96.5 Å². The van der Waals surface area contributed by atoms with Crippen LogP contribution in [0.5, 0.6) is 0 Å². The van der Waals surface area contributed by atoms with Gasteiger partial charge >= 0.3 is 12.1 Å². The predicted octanol–water partition coefficient (Wildman–Crippen LogP) is 0.345. The van der Waals surface area contributed by atoms with Gasteiger partial charge in [-0.1, -0.05) is 30.3 Å². The summed E-state index contributed by atoms with van der Waals surface area (Å²) in [7, 11) is 5.53. The van der Waals surface area contributed by atoms with Crippen LogP contribution in [0.15, 0.2) is 30.3 Å². The highest BCUT2D eigenvalue weighted by molar-refractivity contribution is 5.88. The van der Waals surface area contributed by atoms with Crippen LogP contribution in [0.2, 0.25) is 0 Å². The SMILES string of the molecule is COC(=O)CN(C)C(=O)CN(C)C(=O)CN(C)C(=O)OCc1ccccc1. The van der Waals surface area contributed by atoms with Crippen LogP contribution >= 0.6 is 0 Å². The molecule has 0 N–H and O–H groups in total. The van der Waals surface area contributed by atoms with Crippen molar-refractivity contribution in [1.29, 1.82) is 0 Å². The predicted molar refractivity (Wildman–Crippen MR) is 96.5 cm³/mol. The normalized spacial score (nSPS) is 9.93. The molecule has 0 bridgehead atoms. The number of benzene rings is 1. The van der Waals surface area contributed by atoms with E-state index in [9.17, 15) is 19.2 Å². The lowest BCUT2D eigenvalue weighted by Gasteiger charge is -2.23. The summed E-state index contributed by atoms with van der Waals surface area (Å²) in [5.74, 6) is -1.42. The molecule has 27 heavy (non-hydrogen) atoms.